The number of hydrogen-bond donors (Lipinski definition) is 1. The average Bonchev–Trinajstić information content (AvgIpc) is 3.05. The van der Waals surface area contributed by atoms with Crippen LogP contribution < -0.4 is 0 Å². The molecule has 0 saturated carbocycles. The van der Waals surface area contributed by atoms with Crippen LogP contribution in [0.4, 0.5) is 0 Å². The summed E-state index contributed by atoms with van der Waals surface area (Å²) in [7, 11) is 1.90. The van der Waals surface area contributed by atoms with Gasteiger partial charge in [0.1, 0.15) is 0 Å². The molecular weight excluding hydrogens is 228 g/mol. The molecule has 2 heterocycles. The first-order valence-corrected chi connectivity index (χ1v) is 6.69. The van der Waals surface area contributed by atoms with E-state index in [1.54, 1.807) is 6.20 Å². The van der Waals surface area contributed by atoms with Crippen LogP contribution in [0.25, 0.3) is 0 Å². The number of nitrogens with one attached hydrogen (secondary N) is 1. The fourth-order valence-corrected chi connectivity index (χ4v) is 2.28. The van der Waals surface area contributed by atoms with Crippen LogP contribution in [0.5, 0.6) is 0 Å². The highest BCUT2D eigenvalue weighted by Crippen LogP contribution is 2.07. The predicted molar refractivity (Wildman–Crippen MR) is 70.2 cm³/mol. The number of nitrogens with zero attached hydrogens (tertiary/aromatic N) is 3. The first-order valence-electron chi connectivity index (χ1n) is 6.69. The first kappa shape index (κ1) is 13.1. The van der Waals surface area contributed by atoms with Gasteiger partial charge in [0.15, 0.2) is 0 Å². The number of aryl methyl sites for hydroxylation is 1. The SMILES string of the molecule is CN(CCN1CCCC1)C(=O)CCc1cn[nH]c1. The zero-order valence-corrected chi connectivity index (χ0v) is 11.1. The van der Waals surface area contributed by atoms with Crippen molar-refractivity contribution in [2.24, 2.45) is 0 Å². The summed E-state index contributed by atoms with van der Waals surface area (Å²) in [5, 5.41) is 6.64. The number of amides is 1. The van der Waals surface area contributed by atoms with Crippen molar-refractivity contribution in [3.05, 3.63) is 18.0 Å². The van der Waals surface area contributed by atoms with Gasteiger partial charge in [-0.2, -0.15) is 5.10 Å². The number of carbonyl (C=O) groups excluding carboxylic acids is 1. The van der Waals surface area contributed by atoms with Crippen LogP contribution in [-0.2, 0) is 11.2 Å². The Kier molecular flexibility index (Phi) is 4.75. The zero-order valence-electron chi connectivity index (χ0n) is 11.1. The van der Waals surface area contributed by atoms with Gasteiger partial charge in [-0.05, 0) is 37.9 Å². The number of H-pyrrole nitrogens is 1. The lowest BCUT2D eigenvalue weighted by Crippen LogP contribution is -2.35. The van der Waals surface area contributed by atoms with E-state index in [9.17, 15) is 4.79 Å². The number of carbonyl (C=O) groups is 1. The standard InChI is InChI=1S/C13H22N4O/c1-16(8-9-17-6-2-3-7-17)13(18)5-4-12-10-14-15-11-12/h10-11H,2-9H2,1H3,(H,14,15). The molecule has 5 nitrogen and oxygen atoms in total. The molecule has 1 amide bonds. The summed E-state index contributed by atoms with van der Waals surface area (Å²) in [6, 6.07) is 0. The van der Waals surface area contributed by atoms with Crippen molar-refractivity contribution in [3.8, 4) is 0 Å². The van der Waals surface area contributed by atoms with E-state index in [4.69, 9.17) is 0 Å². The second-order valence-corrected chi connectivity index (χ2v) is 4.97. The summed E-state index contributed by atoms with van der Waals surface area (Å²) in [6.07, 6.45) is 7.56. The Hall–Kier alpha value is -1.36. The molecule has 0 aromatic carbocycles. The van der Waals surface area contributed by atoms with E-state index in [-0.39, 0.29) is 5.91 Å². The molecule has 1 aromatic heterocycles. The molecule has 0 radical (unpaired) electrons. The van der Waals surface area contributed by atoms with Gasteiger partial charge in [0.25, 0.3) is 0 Å². The molecule has 1 aliphatic heterocycles. The lowest BCUT2D eigenvalue weighted by molar-refractivity contribution is -0.130. The summed E-state index contributed by atoms with van der Waals surface area (Å²) in [4.78, 5) is 16.2. The molecule has 1 aromatic rings. The second-order valence-electron chi connectivity index (χ2n) is 4.97. The van der Waals surface area contributed by atoms with Crippen molar-refractivity contribution in [3.63, 3.8) is 0 Å². The maximum atomic E-state index is 11.9. The van der Waals surface area contributed by atoms with Crippen molar-refractivity contribution in [1.29, 1.82) is 0 Å². The fourth-order valence-electron chi connectivity index (χ4n) is 2.28. The summed E-state index contributed by atoms with van der Waals surface area (Å²) in [6.45, 7) is 4.23. The number of rotatable bonds is 6. The van der Waals surface area contributed by atoms with Gasteiger partial charge in [-0.3, -0.25) is 9.89 Å². The van der Waals surface area contributed by atoms with E-state index >= 15 is 0 Å². The van der Waals surface area contributed by atoms with Crippen LogP contribution in [0.3, 0.4) is 0 Å². The van der Waals surface area contributed by atoms with E-state index < -0.39 is 0 Å². The van der Waals surface area contributed by atoms with Crippen LogP contribution in [0.1, 0.15) is 24.8 Å². The number of aromatic amines is 1. The number of hydrogen-bond acceptors (Lipinski definition) is 3. The number of aromatic nitrogens is 2. The topological polar surface area (TPSA) is 52.2 Å². The van der Waals surface area contributed by atoms with Gasteiger partial charge in [0.05, 0.1) is 6.20 Å². The van der Waals surface area contributed by atoms with Crippen molar-refractivity contribution in [1.82, 2.24) is 20.0 Å². The maximum absolute atomic E-state index is 11.9. The summed E-state index contributed by atoms with van der Waals surface area (Å²) in [5.41, 5.74) is 1.09. The van der Waals surface area contributed by atoms with Crippen molar-refractivity contribution in [2.75, 3.05) is 33.2 Å². The minimum Gasteiger partial charge on any atom is -0.344 e. The molecular formula is C13H22N4O. The van der Waals surface area contributed by atoms with E-state index in [0.29, 0.717) is 6.42 Å². The largest absolute Gasteiger partial charge is 0.344 e. The molecule has 0 bridgehead atoms. The second kappa shape index (κ2) is 6.54. The van der Waals surface area contributed by atoms with E-state index in [0.717, 1.165) is 25.1 Å². The molecule has 18 heavy (non-hydrogen) atoms. The Morgan fingerprint density at radius 2 is 2.28 bits per heavy atom. The smallest absolute Gasteiger partial charge is 0.222 e. The fraction of sp³-hybridized carbons (Fsp3) is 0.692. The van der Waals surface area contributed by atoms with E-state index in [2.05, 4.69) is 15.1 Å². The molecule has 2 rings (SSSR count). The summed E-state index contributed by atoms with van der Waals surface area (Å²) >= 11 is 0. The van der Waals surface area contributed by atoms with Gasteiger partial charge < -0.3 is 9.80 Å². The third-order valence-corrected chi connectivity index (χ3v) is 3.56. The van der Waals surface area contributed by atoms with Gasteiger partial charge >= 0.3 is 0 Å². The predicted octanol–water partition coefficient (Wildman–Crippen LogP) is 0.896. The van der Waals surface area contributed by atoms with Crippen LogP contribution >= 0.6 is 0 Å². The van der Waals surface area contributed by atoms with Gasteiger partial charge in [-0.25, -0.2) is 0 Å². The Morgan fingerprint density at radius 3 is 2.94 bits per heavy atom. The van der Waals surface area contributed by atoms with E-state index in [1.807, 2.05) is 18.1 Å². The number of likely N-dealkylation sites (N-methyl/N-ethyl adjacent to an activating group) is 1. The minimum atomic E-state index is 0.218. The third kappa shape index (κ3) is 3.84. The lowest BCUT2D eigenvalue weighted by atomic mass is 10.2. The average molecular weight is 250 g/mol. The van der Waals surface area contributed by atoms with Crippen molar-refractivity contribution in [2.45, 2.75) is 25.7 Å². The monoisotopic (exact) mass is 250 g/mol. The molecule has 1 fully saturated rings. The van der Waals surface area contributed by atoms with E-state index in [1.165, 1.54) is 25.9 Å². The van der Waals surface area contributed by atoms with Crippen LogP contribution in [0.2, 0.25) is 0 Å². The van der Waals surface area contributed by atoms with Crippen molar-refractivity contribution >= 4 is 5.91 Å². The molecule has 1 saturated heterocycles. The molecule has 0 unspecified atom stereocenters. The Labute approximate surface area is 108 Å². The quantitative estimate of drug-likeness (QED) is 0.816. The molecule has 1 aliphatic rings. The van der Waals surface area contributed by atoms with Gasteiger partial charge in [-0.1, -0.05) is 0 Å². The molecule has 5 heteroatoms. The van der Waals surface area contributed by atoms with Crippen LogP contribution in [-0.4, -0.2) is 59.1 Å². The molecule has 0 aliphatic carbocycles. The first-order chi connectivity index (χ1) is 8.75. The molecule has 1 N–H and O–H groups in total. The maximum Gasteiger partial charge on any atom is 0.222 e. The highest BCUT2D eigenvalue weighted by molar-refractivity contribution is 5.76. The molecule has 0 atom stereocenters. The molecule has 100 valence electrons. The Balaban J connectivity index is 1.64. The van der Waals surface area contributed by atoms with Crippen molar-refractivity contribution < 1.29 is 4.79 Å². The summed E-state index contributed by atoms with van der Waals surface area (Å²) in [5.74, 6) is 0.218. The van der Waals surface area contributed by atoms with Gasteiger partial charge in [0.2, 0.25) is 5.91 Å². The van der Waals surface area contributed by atoms with Crippen LogP contribution in [0.15, 0.2) is 12.4 Å². The number of likely N-dealkylation sites (tertiary alicyclic amines) is 1. The van der Waals surface area contributed by atoms with Gasteiger partial charge in [-0.15, -0.1) is 0 Å². The normalized spacial score (nSPS) is 16.1. The van der Waals surface area contributed by atoms with Crippen LogP contribution in [0, 0.1) is 0 Å². The van der Waals surface area contributed by atoms with Gasteiger partial charge in [0, 0.05) is 32.8 Å². The Bertz CT molecular complexity index is 357. The third-order valence-electron chi connectivity index (χ3n) is 3.56. The minimum absolute atomic E-state index is 0.218. The Morgan fingerprint density at radius 1 is 1.50 bits per heavy atom. The molecule has 0 spiro atoms. The highest BCUT2D eigenvalue weighted by Gasteiger charge is 2.14. The zero-order chi connectivity index (χ0) is 12.8. The lowest BCUT2D eigenvalue weighted by Gasteiger charge is -2.21. The highest BCUT2D eigenvalue weighted by atomic mass is 16.2. The summed E-state index contributed by atoms with van der Waals surface area (Å²) < 4.78 is 0.